The summed E-state index contributed by atoms with van der Waals surface area (Å²) in [5, 5.41) is 12.3. The second-order valence-corrected chi connectivity index (χ2v) is 5.15. The fraction of sp³-hybridized carbons (Fsp3) is 0.714. The standard InChI is InChI=1S/C14H24N4O2/c1-2-13-15-6-9-17(13)10-7-16-14(20)18-8-4-3-5-12(18)11-19/h6,9,12,19H,2-5,7-8,10-11H2,1H3,(H,16,20). The predicted octanol–water partition coefficient (Wildman–Crippen LogP) is 1.00. The maximum atomic E-state index is 12.1. The topological polar surface area (TPSA) is 70.4 Å². The largest absolute Gasteiger partial charge is 0.394 e. The summed E-state index contributed by atoms with van der Waals surface area (Å²) in [4.78, 5) is 18.1. The number of aromatic nitrogens is 2. The molecule has 0 bridgehead atoms. The van der Waals surface area contributed by atoms with E-state index in [9.17, 15) is 9.90 Å². The van der Waals surface area contributed by atoms with Gasteiger partial charge in [-0.05, 0) is 19.3 Å². The summed E-state index contributed by atoms with van der Waals surface area (Å²) in [6, 6.07) is -0.0925. The minimum absolute atomic E-state index is 0.0248. The van der Waals surface area contributed by atoms with Crippen molar-refractivity contribution in [3.63, 3.8) is 0 Å². The van der Waals surface area contributed by atoms with E-state index < -0.39 is 0 Å². The highest BCUT2D eigenvalue weighted by atomic mass is 16.3. The minimum Gasteiger partial charge on any atom is -0.394 e. The molecule has 0 saturated carbocycles. The van der Waals surface area contributed by atoms with Crippen LogP contribution in [0, 0.1) is 0 Å². The van der Waals surface area contributed by atoms with Gasteiger partial charge in [-0.25, -0.2) is 9.78 Å². The van der Waals surface area contributed by atoms with Crippen LogP contribution in [-0.2, 0) is 13.0 Å². The molecule has 2 rings (SSSR count). The van der Waals surface area contributed by atoms with E-state index in [1.165, 1.54) is 0 Å². The van der Waals surface area contributed by atoms with Crippen LogP contribution in [0.4, 0.5) is 4.79 Å². The highest BCUT2D eigenvalue weighted by Crippen LogP contribution is 2.16. The Balaban J connectivity index is 1.79. The number of aliphatic hydroxyl groups excluding tert-OH is 1. The molecule has 1 aromatic heterocycles. The molecule has 6 heteroatoms. The SMILES string of the molecule is CCc1nccn1CCNC(=O)N1CCCCC1CO. The van der Waals surface area contributed by atoms with Crippen LogP contribution in [0.3, 0.4) is 0 Å². The molecule has 1 unspecified atom stereocenters. The van der Waals surface area contributed by atoms with Crippen molar-refractivity contribution in [2.45, 2.75) is 45.2 Å². The fourth-order valence-electron chi connectivity index (χ4n) is 2.70. The van der Waals surface area contributed by atoms with Crippen LogP contribution in [-0.4, -0.2) is 51.3 Å². The first-order chi connectivity index (χ1) is 9.76. The molecule has 1 saturated heterocycles. The lowest BCUT2D eigenvalue weighted by molar-refractivity contribution is 0.108. The molecule has 1 aliphatic heterocycles. The van der Waals surface area contributed by atoms with Crippen molar-refractivity contribution in [2.24, 2.45) is 0 Å². The molecule has 112 valence electrons. The van der Waals surface area contributed by atoms with Gasteiger partial charge in [-0.2, -0.15) is 0 Å². The summed E-state index contributed by atoms with van der Waals surface area (Å²) in [6.45, 7) is 4.16. The van der Waals surface area contributed by atoms with E-state index in [1.807, 2.05) is 6.20 Å². The number of carbonyl (C=O) groups excluding carboxylic acids is 1. The Labute approximate surface area is 119 Å². The lowest BCUT2D eigenvalue weighted by atomic mass is 10.0. The van der Waals surface area contributed by atoms with Crippen molar-refractivity contribution in [3.8, 4) is 0 Å². The van der Waals surface area contributed by atoms with Crippen LogP contribution in [0.5, 0.6) is 0 Å². The van der Waals surface area contributed by atoms with E-state index in [2.05, 4.69) is 21.8 Å². The highest BCUT2D eigenvalue weighted by molar-refractivity contribution is 5.74. The van der Waals surface area contributed by atoms with Gasteiger partial charge in [0.25, 0.3) is 0 Å². The van der Waals surface area contributed by atoms with Gasteiger partial charge in [-0.3, -0.25) is 0 Å². The molecule has 2 heterocycles. The quantitative estimate of drug-likeness (QED) is 0.845. The van der Waals surface area contributed by atoms with E-state index >= 15 is 0 Å². The molecule has 0 radical (unpaired) electrons. The first kappa shape index (κ1) is 14.8. The van der Waals surface area contributed by atoms with E-state index in [-0.39, 0.29) is 18.7 Å². The van der Waals surface area contributed by atoms with Gasteiger partial charge in [0.2, 0.25) is 0 Å². The summed E-state index contributed by atoms with van der Waals surface area (Å²) in [5.74, 6) is 1.03. The van der Waals surface area contributed by atoms with Crippen LogP contribution >= 0.6 is 0 Å². The molecule has 20 heavy (non-hydrogen) atoms. The average molecular weight is 280 g/mol. The van der Waals surface area contributed by atoms with Gasteiger partial charge in [0.15, 0.2) is 0 Å². The van der Waals surface area contributed by atoms with E-state index in [4.69, 9.17) is 0 Å². The Hall–Kier alpha value is -1.56. The molecule has 6 nitrogen and oxygen atoms in total. The van der Waals surface area contributed by atoms with Gasteiger partial charge < -0.3 is 19.9 Å². The first-order valence-corrected chi connectivity index (χ1v) is 7.41. The van der Waals surface area contributed by atoms with Crippen LogP contribution in [0.15, 0.2) is 12.4 Å². The number of hydrogen-bond acceptors (Lipinski definition) is 3. The second kappa shape index (κ2) is 7.28. The summed E-state index contributed by atoms with van der Waals surface area (Å²) in [6.07, 6.45) is 7.61. The molecular weight excluding hydrogens is 256 g/mol. The van der Waals surface area contributed by atoms with Crippen molar-refractivity contribution in [1.29, 1.82) is 0 Å². The van der Waals surface area contributed by atoms with Crippen LogP contribution in [0.25, 0.3) is 0 Å². The molecule has 1 fully saturated rings. The third kappa shape index (κ3) is 3.50. The molecule has 2 amide bonds. The zero-order chi connectivity index (χ0) is 14.4. The zero-order valence-electron chi connectivity index (χ0n) is 12.1. The van der Waals surface area contributed by atoms with E-state index in [0.717, 1.165) is 44.6 Å². The van der Waals surface area contributed by atoms with Crippen LogP contribution in [0.2, 0.25) is 0 Å². The Morgan fingerprint density at radius 2 is 2.40 bits per heavy atom. The maximum absolute atomic E-state index is 12.1. The number of nitrogens with one attached hydrogen (secondary N) is 1. The Morgan fingerprint density at radius 3 is 3.15 bits per heavy atom. The van der Waals surface area contributed by atoms with Crippen molar-refractivity contribution in [1.82, 2.24) is 19.8 Å². The van der Waals surface area contributed by atoms with Crippen molar-refractivity contribution < 1.29 is 9.90 Å². The summed E-state index contributed by atoms with van der Waals surface area (Å²) < 4.78 is 2.06. The normalized spacial score (nSPS) is 19.1. The van der Waals surface area contributed by atoms with Crippen molar-refractivity contribution in [2.75, 3.05) is 19.7 Å². The number of nitrogens with zero attached hydrogens (tertiary/aromatic N) is 3. The zero-order valence-corrected chi connectivity index (χ0v) is 12.1. The van der Waals surface area contributed by atoms with Gasteiger partial charge in [-0.1, -0.05) is 6.92 Å². The Morgan fingerprint density at radius 1 is 1.55 bits per heavy atom. The second-order valence-electron chi connectivity index (χ2n) is 5.15. The number of carbonyl (C=O) groups is 1. The van der Waals surface area contributed by atoms with Gasteiger partial charge in [0.05, 0.1) is 12.6 Å². The molecule has 1 aliphatic rings. The summed E-state index contributed by atoms with van der Waals surface area (Å²) in [5.41, 5.74) is 0. The lowest BCUT2D eigenvalue weighted by Gasteiger charge is -2.34. The smallest absolute Gasteiger partial charge is 0.317 e. The first-order valence-electron chi connectivity index (χ1n) is 7.41. The molecule has 0 spiro atoms. The highest BCUT2D eigenvalue weighted by Gasteiger charge is 2.25. The molecular formula is C14H24N4O2. The molecule has 0 aromatic carbocycles. The number of imidazole rings is 1. The maximum Gasteiger partial charge on any atom is 0.317 e. The van der Waals surface area contributed by atoms with Gasteiger partial charge in [0, 0.05) is 38.4 Å². The average Bonchev–Trinajstić information content (AvgIpc) is 2.94. The number of aliphatic hydroxyl groups is 1. The van der Waals surface area contributed by atoms with Crippen LogP contribution in [0.1, 0.15) is 32.0 Å². The monoisotopic (exact) mass is 280 g/mol. The molecule has 1 aromatic rings. The predicted molar refractivity (Wildman–Crippen MR) is 76.4 cm³/mol. The van der Waals surface area contributed by atoms with E-state index in [1.54, 1.807) is 11.1 Å². The number of amides is 2. The number of aryl methyl sites for hydroxylation is 1. The fourth-order valence-corrected chi connectivity index (χ4v) is 2.70. The molecule has 2 N–H and O–H groups in total. The number of likely N-dealkylation sites (tertiary alicyclic amines) is 1. The summed E-state index contributed by atoms with van der Waals surface area (Å²) in [7, 11) is 0. The van der Waals surface area contributed by atoms with Crippen molar-refractivity contribution >= 4 is 6.03 Å². The minimum atomic E-state index is -0.0677. The number of rotatable bonds is 5. The summed E-state index contributed by atoms with van der Waals surface area (Å²) >= 11 is 0. The number of piperidine rings is 1. The lowest BCUT2D eigenvalue weighted by Crippen LogP contribution is -2.50. The van der Waals surface area contributed by atoms with Gasteiger partial charge in [0.1, 0.15) is 5.82 Å². The number of hydrogen-bond donors (Lipinski definition) is 2. The number of urea groups is 1. The van der Waals surface area contributed by atoms with Gasteiger partial charge in [-0.15, -0.1) is 0 Å². The third-order valence-electron chi connectivity index (χ3n) is 3.85. The third-order valence-corrected chi connectivity index (χ3v) is 3.85. The van der Waals surface area contributed by atoms with Crippen LogP contribution < -0.4 is 5.32 Å². The van der Waals surface area contributed by atoms with E-state index in [0.29, 0.717) is 6.54 Å². The Bertz CT molecular complexity index is 433. The van der Waals surface area contributed by atoms with Crippen molar-refractivity contribution in [3.05, 3.63) is 18.2 Å². The molecule has 0 aliphatic carbocycles. The molecule has 1 atom stereocenters. The Kier molecular flexibility index (Phi) is 5.40. The van der Waals surface area contributed by atoms with Gasteiger partial charge >= 0.3 is 6.03 Å².